The number of hydrogen-bond donors (Lipinski definition) is 2. The number of aryl methyl sites for hydroxylation is 1. The Bertz CT molecular complexity index is 1270. The molecule has 2 heterocycles. The van der Waals surface area contributed by atoms with Crippen LogP contribution in [0.15, 0.2) is 23.4 Å². The number of carbonyl (C=O) groups is 3. The number of thioether (sulfide) groups is 1. The molecule has 10 nitrogen and oxygen atoms in total. The molecular formula is C22H24ClN5O5S2. The maximum Gasteiger partial charge on any atom is 0.341 e. The molecule has 3 rings (SSSR count). The molecule has 0 saturated heterocycles. The minimum absolute atomic E-state index is 0.00124. The first kappa shape index (κ1) is 26.5. The molecule has 0 fully saturated rings. The fourth-order valence-electron chi connectivity index (χ4n) is 3.24. The van der Waals surface area contributed by atoms with Gasteiger partial charge in [-0.05, 0) is 50.1 Å². The molecule has 0 saturated carbocycles. The summed E-state index contributed by atoms with van der Waals surface area (Å²) in [5, 5.41) is 12.4. The van der Waals surface area contributed by atoms with Gasteiger partial charge in [-0.1, -0.05) is 23.4 Å². The average molecular weight is 538 g/mol. The van der Waals surface area contributed by atoms with E-state index in [1.54, 1.807) is 19.1 Å². The minimum Gasteiger partial charge on any atom is -0.485 e. The maximum absolute atomic E-state index is 12.6. The smallest absolute Gasteiger partial charge is 0.341 e. The highest BCUT2D eigenvalue weighted by molar-refractivity contribution is 7.99. The summed E-state index contributed by atoms with van der Waals surface area (Å²) < 4.78 is 12.5. The Morgan fingerprint density at radius 1 is 1.26 bits per heavy atom. The van der Waals surface area contributed by atoms with E-state index in [-0.39, 0.29) is 27.8 Å². The molecule has 0 aliphatic heterocycles. The Kier molecular flexibility index (Phi) is 8.76. The van der Waals surface area contributed by atoms with Gasteiger partial charge in [0.2, 0.25) is 5.91 Å². The van der Waals surface area contributed by atoms with Crippen LogP contribution in [0.2, 0.25) is 5.02 Å². The van der Waals surface area contributed by atoms with Crippen LogP contribution in [0, 0.1) is 13.8 Å². The van der Waals surface area contributed by atoms with E-state index in [2.05, 4.69) is 15.5 Å². The highest BCUT2D eigenvalue weighted by Crippen LogP contribution is 2.33. The van der Waals surface area contributed by atoms with Gasteiger partial charge in [0.15, 0.2) is 11.0 Å². The van der Waals surface area contributed by atoms with Crippen LogP contribution in [0.4, 0.5) is 5.00 Å². The van der Waals surface area contributed by atoms with Crippen LogP contribution in [-0.4, -0.2) is 45.4 Å². The number of nitrogens with one attached hydrogen (secondary N) is 1. The molecule has 186 valence electrons. The van der Waals surface area contributed by atoms with Gasteiger partial charge < -0.3 is 25.1 Å². The van der Waals surface area contributed by atoms with Crippen LogP contribution in [0.3, 0.4) is 0 Å². The molecule has 0 atom stereocenters. The number of aromatic nitrogens is 3. The first-order valence-electron chi connectivity index (χ1n) is 10.4. The van der Waals surface area contributed by atoms with Crippen molar-refractivity contribution in [2.75, 3.05) is 18.2 Å². The number of benzene rings is 1. The second-order valence-electron chi connectivity index (χ2n) is 7.29. The highest BCUT2D eigenvalue weighted by atomic mass is 35.5. The van der Waals surface area contributed by atoms with Crippen molar-refractivity contribution < 1.29 is 23.9 Å². The lowest BCUT2D eigenvalue weighted by Gasteiger charge is -2.11. The van der Waals surface area contributed by atoms with Gasteiger partial charge in [0.25, 0.3) is 5.91 Å². The van der Waals surface area contributed by atoms with Gasteiger partial charge in [0, 0.05) is 11.6 Å². The number of anilines is 1. The maximum atomic E-state index is 12.6. The fraction of sp³-hybridized carbons (Fsp3) is 0.318. The zero-order chi connectivity index (χ0) is 25.7. The zero-order valence-corrected chi connectivity index (χ0v) is 21.9. The predicted molar refractivity (Wildman–Crippen MR) is 134 cm³/mol. The summed E-state index contributed by atoms with van der Waals surface area (Å²) in [6.07, 6.45) is 0. The Balaban J connectivity index is 1.67. The summed E-state index contributed by atoms with van der Waals surface area (Å²) in [6, 6.07) is 5.36. The van der Waals surface area contributed by atoms with E-state index in [1.807, 2.05) is 24.5 Å². The molecule has 13 heteroatoms. The van der Waals surface area contributed by atoms with Crippen LogP contribution in [0.1, 0.15) is 43.9 Å². The van der Waals surface area contributed by atoms with E-state index < -0.39 is 17.8 Å². The second-order valence-corrected chi connectivity index (χ2v) is 9.69. The number of esters is 1. The van der Waals surface area contributed by atoms with Crippen molar-refractivity contribution in [1.82, 2.24) is 14.8 Å². The number of thiophene rings is 1. The van der Waals surface area contributed by atoms with Gasteiger partial charge in [-0.25, -0.2) is 4.79 Å². The van der Waals surface area contributed by atoms with E-state index in [4.69, 9.17) is 26.8 Å². The molecule has 0 bridgehead atoms. The quantitative estimate of drug-likeness (QED) is 0.294. The topological polar surface area (TPSA) is 138 Å². The van der Waals surface area contributed by atoms with Crippen molar-refractivity contribution in [2.24, 2.45) is 5.73 Å². The summed E-state index contributed by atoms with van der Waals surface area (Å²) in [5.41, 5.74) is 6.76. The summed E-state index contributed by atoms with van der Waals surface area (Å²) in [7, 11) is 1.22. The standard InChI is InChI=1S/C22H24ClN5O5S2/c1-5-28-15(9-33-14-7-6-13(23)8-11(14)2)26-27-22(28)34-10-16(29)25-20-17(21(31)32-4)12(3)18(35-20)19(24)30/h6-8H,5,9-10H2,1-4H3,(H2,24,30)(H,25,29). The molecule has 1 aromatic carbocycles. The molecule has 0 spiro atoms. The lowest BCUT2D eigenvalue weighted by Crippen LogP contribution is -2.16. The largest absolute Gasteiger partial charge is 0.485 e. The normalized spacial score (nSPS) is 10.8. The number of amides is 2. The molecule has 0 radical (unpaired) electrons. The first-order chi connectivity index (χ1) is 16.7. The molecule has 2 amide bonds. The van der Waals surface area contributed by atoms with Crippen molar-refractivity contribution in [1.29, 1.82) is 0 Å². The lowest BCUT2D eigenvalue weighted by atomic mass is 10.1. The molecule has 0 aliphatic rings. The predicted octanol–water partition coefficient (Wildman–Crippen LogP) is 3.83. The third kappa shape index (κ3) is 6.13. The SMILES string of the molecule is CCn1c(COc2ccc(Cl)cc2C)nnc1SCC(=O)Nc1sc(C(N)=O)c(C)c1C(=O)OC. The molecule has 2 aromatic heterocycles. The van der Waals surface area contributed by atoms with E-state index in [9.17, 15) is 14.4 Å². The lowest BCUT2D eigenvalue weighted by molar-refractivity contribution is -0.113. The van der Waals surface area contributed by atoms with Crippen molar-refractivity contribution in [3.05, 3.63) is 50.6 Å². The minimum atomic E-state index is -0.688. The van der Waals surface area contributed by atoms with Gasteiger partial charge in [0.05, 0.1) is 23.3 Å². The highest BCUT2D eigenvalue weighted by Gasteiger charge is 2.25. The van der Waals surface area contributed by atoms with E-state index in [0.717, 1.165) is 16.9 Å². The summed E-state index contributed by atoms with van der Waals surface area (Å²) >= 11 is 8.11. The fourth-order valence-corrected chi connectivity index (χ4v) is 5.36. The molecular weight excluding hydrogens is 514 g/mol. The molecule has 3 aromatic rings. The number of hydrogen-bond acceptors (Lipinski definition) is 9. The number of ether oxygens (including phenoxy) is 2. The van der Waals surface area contributed by atoms with Gasteiger partial charge in [-0.15, -0.1) is 21.5 Å². The third-order valence-electron chi connectivity index (χ3n) is 4.95. The molecule has 0 aliphatic carbocycles. The van der Waals surface area contributed by atoms with Crippen molar-refractivity contribution in [3.63, 3.8) is 0 Å². The Morgan fingerprint density at radius 2 is 2.00 bits per heavy atom. The van der Waals surface area contributed by atoms with Crippen LogP contribution in [-0.2, 0) is 22.7 Å². The third-order valence-corrected chi connectivity index (χ3v) is 7.37. The second kappa shape index (κ2) is 11.6. The Labute approximate surface area is 215 Å². The van der Waals surface area contributed by atoms with Crippen LogP contribution < -0.4 is 15.8 Å². The summed E-state index contributed by atoms with van der Waals surface area (Å²) in [5.74, 6) is -0.446. The number of rotatable bonds is 10. The van der Waals surface area contributed by atoms with Crippen molar-refractivity contribution in [3.8, 4) is 5.75 Å². The monoisotopic (exact) mass is 537 g/mol. The van der Waals surface area contributed by atoms with Gasteiger partial charge in [-0.2, -0.15) is 0 Å². The van der Waals surface area contributed by atoms with E-state index >= 15 is 0 Å². The Morgan fingerprint density at radius 3 is 2.63 bits per heavy atom. The number of primary amides is 1. The van der Waals surface area contributed by atoms with Gasteiger partial charge in [0.1, 0.15) is 17.4 Å². The summed E-state index contributed by atoms with van der Waals surface area (Å²) in [4.78, 5) is 36.7. The zero-order valence-electron chi connectivity index (χ0n) is 19.5. The van der Waals surface area contributed by atoms with Crippen LogP contribution >= 0.6 is 34.7 Å². The summed E-state index contributed by atoms with van der Waals surface area (Å²) in [6.45, 7) is 6.19. The van der Waals surface area contributed by atoms with E-state index in [0.29, 0.717) is 33.9 Å². The molecule has 35 heavy (non-hydrogen) atoms. The van der Waals surface area contributed by atoms with E-state index in [1.165, 1.54) is 18.9 Å². The number of carbonyl (C=O) groups excluding carboxylic acids is 3. The van der Waals surface area contributed by atoms with Crippen molar-refractivity contribution >= 4 is 57.5 Å². The van der Waals surface area contributed by atoms with Crippen LogP contribution in [0.5, 0.6) is 5.75 Å². The molecule has 3 N–H and O–H groups in total. The number of methoxy groups -OCH3 is 1. The van der Waals surface area contributed by atoms with Crippen LogP contribution in [0.25, 0.3) is 0 Å². The molecule has 0 unspecified atom stereocenters. The van der Waals surface area contributed by atoms with Gasteiger partial charge in [-0.3, -0.25) is 9.59 Å². The number of halogens is 1. The van der Waals surface area contributed by atoms with Gasteiger partial charge >= 0.3 is 5.97 Å². The first-order valence-corrected chi connectivity index (χ1v) is 12.6. The average Bonchev–Trinajstić information content (AvgIpc) is 3.36. The Hall–Kier alpha value is -3.09. The number of nitrogens with two attached hydrogens (primary N) is 1. The number of nitrogens with zero attached hydrogens (tertiary/aromatic N) is 3. The van der Waals surface area contributed by atoms with Crippen molar-refractivity contribution in [2.45, 2.75) is 39.1 Å².